The van der Waals surface area contributed by atoms with Gasteiger partial charge in [0, 0.05) is 43.5 Å². The van der Waals surface area contributed by atoms with Crippen molar-refractivity contribution in [2.24, 2.45) is 5.92 Å². The Kier molecular flexibility index (Phi) is 3.29. The predicted octanol–water partition coefficient (Wildman–Crippen LogP) is 1.48. The molecule has 1 aliphatic heterocycles. The molecule has 0 saturated heterocycles. The standard InChI is InChI=1S/C12H17N5S/c1-9-16-11(8-18-9)6-13-4-10-5-14-12-2-3-15-17(12)7-10/h2-3,8,10,13-14H,4-7H2,1H3/t10-/m1/s1. The second-order valence-corrected chi connectivity index (χ2v) is 5.70. The molecule has 0 saturated carbocycles. The number of nitrogens with zero attached hydrogens (tertiary/aromatic N) is 3. The van der Waals surface area contributed by atoms with Crippen LogP contribution >= 0.6 is 11.3 Å². The van der Waals surface area contributed by atoms with Crippen LogP contribution in [-0.4, -0.2) is 27.9 Å². The minimum atomic E-state index is 0.581. The molecule has 0 aliphatic carbocycles. The normalized spacial score (nSPS) is 18.4. The number of hydrogen-bond donors (Lipinski definition) is 2. The molecule has 1 aliphatic rings. The quantitative estimate of drug-likeness (QED) is 0.877. The van der Waals surface area contributed by atoms with Crippen molar-refractivity contribution in [3.63, 3.8) is 0 Å². The zero-order valence-electron chi connectivity index (χ0n) is 10.4. The maximum Gasteiger partial charge on any atom is 0.124 e. The zero-order chi connectivity index (χ0) is 12.4. The van der Waals surface area contributed by atoms with Crippen LogP contribution in [0, 0.1) is 12.8 Å². The van der Waals surface area contributed by atoms with Gasteiger partial charge < -0.3 is 10.6 Å². The van der Waals surface area contributed by atoms with E-state index in [1.807, 2.05) is 23.9 Å². The van der Waals surface area contributed by atoms with Gasteiger partial charge in [0.05, 0.1) is 16.9 Å². The fourth-order valence-corrected chi connectivity index (χ4v) is 2.83. The van der Waals surface area contributed by atoms with Crippen LogP contribution in [0.5, 0.6) is 0 Å². The summed E-state index contributed by atoms with van der Waals surface area (Å²) in [5.74, 6) is 1.71. The molecule has 0 unspecified atom stereocenters. The molecular formula is C12H17N5S. The number of aryl methyl sites for hydroxylation is 1. The van der Waals surface area contributed by atoms with Gasteiger partial charge in [-0.05, 0) is 6.92 Å². The van der Waals surface area contributed by atoms with Crippen molar-refractivity contribution in [1.29, 1.82) is 0 Å². The Morgan fingerprint density at radius 2 is 2.56 bits per heavy atom. The molecule has 0 spiro atoms. The van der Waals surface area contributed by atoms with E-state index in [9.17, 15) is 0 Å². The Hall–Kier alpha value is -1.40. The molecule has 3 rings (SSSR count). The lowest BCUT2D eigenvalue weighted by atomic mass is 10.1. The van der Waals surface area contributed by atoms with Crippen molar-refractivity contribution in [3.05, 3.63) is 28.3 Å². The van der Waals surface area contributed by atoms with Gasteiger partial charge in [0.1, 0.15) is 5.82 Å². The minimum Gasteiger partial charge on any atom is -0.370 e. The number of nitrogens with one attached hydrogen (secondary N) is 2. The number of fused-ring (bicyclic) bond motifs is 1. The van der Waals surface area contributed by atoms with E-state index in [1.165, 1.54) is 0 Å². The van der Waals surface area contributed by atoms with Crippen molar-refractivity contribution in [1.82, 2.24) is 20.1 Å². The van der Waals surface area contributed by atoms with E-state index in [4.69, 9.17) is 0 Å². The van der Waals surface area contributed by atoms with Crippen LogP contribution in [-0.2, 0) is 13.1 Å². The van der Waals surface area contributed by atoms with Crippen molar-refractivity contribution < 1.29 is 0 Å². The fraction of sp³-hybridized carbons (Fsp3) is 0.500. The van der Waals surface area contributed by atoms with Crippen LogP contribution in [0.1, 0.15) is 10.7 Å². The van der Waals surface area contributed by atoms with Crippen LogP contribution < -0.4 is 10.6 Å². The first kappa shape index (κ1) is 11.7. The minimum absolute atomic E-state index is 0.581. The average Bonchev–Trinajstić information content (AvgIpc) is 2.97. The van der Waals surface area contributed by atoms with Gasteiger partial charge in [0.25, 0.3) is 0 Å². The van der Waals surface area contributed by atoms with E-state index >= 15 is 0 Å². The molecule has 2 N–H and O–H groups in total. The molecule has 2 aromatic rings. The van der Waals surface area contributed by atoms with Gasteiger partial charge in [-0.3, -0.25) is 0 Å². The Morgan fingerprint density at radius 3 is 3.39 bits per heavy atom. The number of thiazole rings is 1. The summed E-state index contributed by atoms with van der Waals surface area (Å²) >= 11 is 1.70. The Morgan fingerprint density at radius 1 is 1.61 bits per heavy atom. The van der Waals surface area contributed by atoms with Gasteiger partial charge in [-0.25, -0.2) is 9.67 Å². The Bertz CT molecular complexity index is 518. The summed E-state index contributed by atoms with van der Waals surface area (Å²) in [6, 6.07) is 2.02. The second-order valence-electron chi connectivity index (χ2n) is 4.63. The first-order valence-corrected chi connectivity index (χ1v) is 7.06. The van der Waals surface area contributed by atoms with E-state index in [0.29, 0.717) is 5.92 Å². The molecular weight excluding hydrogens is 246 g/mol. The lowest BCUT2D eigenvalue weighted by Crippen LogP contribution is -2.35. The summed E-state index contributed by atoms with van der Waals surface area (Å²) in [7, 11) is 0. The van der Waals surface area contributed by atoms with Crippen molar-refractivity contribution >= 4 is 17.2 Å². The fourth-order valence-electron chi connectivity index (χ4n) is 2.22. The number of hydrogen-bond acceptors (Lipinski definition) is 5. The average molecular weight is 263 g/mol. The molecule has 2 aromatic heterocycles. The van der Waals surface area contributed by atoms with E-state index in [2.05, 4.69) is 26.1 Å². The summed E-state index contributed by atoms with van der Waals surface area (Å²) in [4.78, 5) is 4.44. The Labute approximate surface area is 110 Å². The summed E-state index contributed by atoms with van der Waals surface area (Å²) < 4.78 is 2.03. The maximum atomic E-state index is 4.44. The highest BCUT2D eigenvalue weighted by molar-refractivity contribution is 7.09. The molecule has 3 heterocycles. The van der Waals surface area contributed by atoms with Gasteiger partial charge in [-0.1, -0.05) is 0 Å². The molecule has 0 radical (unpaired) electrons. The third-order valence-electron chi connectivity index (χ3n) is 3.13. The largest absolute Gasteiger partial charge is 0.370 e. The summed E-state index contributed by atoms with van der Waals surface area (Å²) in [6.45, 7) is 5.88. The highest BCUT2D eigenvalue weighted by Gasteiger charge is 2.17. The first-order chi connectivity index (χ1) is 8.81. The first-order valence-electron chi connectivity index (χ1n) is 6.18. The summed E-state index contributed by atoms with van der Waals surface area (Å²) in [5.41, 5.74) is 1.14. The topological polar surface area (TPSA) is 54.8 Å². The molecule has 1 atom stereocenters. The Balaban J connectivity index is 1.47. The van der Waals surface area contributed by atoms with E-state index in [-0.39, 0.29) is 0 Å². The van der Waals surface area contributed by atoms with Crippen LogP contribution in [0.15, 0.2) is 17.6 Å². The van der Waals surface area contributed by atoms with Gasteiger partial charge in [-0.2, -0.15) is 5.10 Å². The third kappa shape index (κ3) is 2.54. The van der Waals surface area contributed by atoms with E-state index in [1.54, 1.807) is 11.3 Å². The van der Waals surface area contributed by atoms with Crippen molar-refractivity contribution in [3.8, 4) is 0 Å². The molecule has 0 aromatic carbocycles. The van der Waals surface area contributed by atoms with Crippen LogP contribution in [0.3, 0.4) is 0 Å². The molecule has 0 bridgehead atoms. The SMILES string of the molecule is Cc1nc(CNC[C@@H]2CNc3ccnn3C2)cs1. The molecule has 0 fully saturated rings. The van der Waals surface area contributed by atoms with Crippen LogP contribution in [0.2, 0.25) is 0 Å². The van der Waals surface area contributed by atoms with Crippen LogP contribution in [0.4, 0.5) is 5.82 Å². The summed E-state index contributed by atoms with van der Waals surface area (Å²) in [6.07, 6.45) is 1.84. The number of anilines is 1. The number of aromatic nitrogens is 3. The molecule has 5 nitrogen and oxygen atoms in total. The van der Waals surface area contributed by atoms with E-state index in [0.717, 1.165) is 42.7 Å². The molecule has 0 amide bonds. The monoisotopic (exact) mass is 263 g/mol. The van der Waals surface area contributed by atoms with Gasteiger partial charge in [0.15, 0.2) is 0 Å². The van der Waals surface area contributed by atoms with Gasteiger partial charge in [0.2, 0.25) is 0 Å². The number of rotatable bonds is 4. The molecule has 18 heavy (non-hydrogen) atoms. The smallest absolute Gasteiger partial charge is 0.124 e. The second kappa shape index (κ2) is 5.07. The van der Waals surface area contributed by atoms with Crippen molar-refractivity contribution in [2.75, 3.05) is 18.4 Å². The maximum absolute atomic E-state index is 4.44. The highest BCUT2D eigenvalue weighted by Crippen LogP contribution is 2.15. The predicted molar refractivity (Wildman–Crippen MR) is 72.8 cm³/mol. The lowest BCUT2D eigenvalue weighted by Gasteiger charge is -2.25. The third-order valence-corrected chi connectivity index (χ3v) is 3.95. The zero-order valence-corrected chi connectivity index (χ0v) is 11.2. The van der Waals surface area contributed by atoms with Crippen LogP contribution in [0.25, 0.3) is 0 Å². The summed E-state index contributed by atoms with van der Waals surface area (Å²) in [5, 5.41) is 14.4. The molecule has 6 heteroatoms. The van der Waals surface area contributed by atoms with Crippen molar-refractivity contribution in [2.45, 2.75) is 20.0 Å². The molecule has 96 valence electrons. The van der Waals surface area contributed by atoms with Gasteiger partial charge >= 0.3 is 0 Å². The lowest BCUT2D eigenvalue weighted by molar-refractivity contribution is 0.391. The van der Waals surface area contributed by atoms with E-state index < -0.39 is 0 Å². The highest BCUT2D eigenvalue weighted by atomic mass is 32.1. The van der Waals surface area contributed by atoms with Gasteiger partial charge in [-0.15, -0.1) is 11.3 Å².